The molecule has 0 saturated carbocycles. The molecule has 1 saturated heterocycles. The van der Waals surface area contributed by atoms with Crippen LogP contribution in [0.1, 0.15) is 17.7 Å². The Hall–Kier alpha value is -3.13. The van der Waals surface area contributed by atoms with Crippen molar-refractivity contribution in [2.45, 2.75) is 18.5 Å². The average Bonchev–Trinajstić information content (AvgIpc) is 3.40. The summed E-state index contributed by atoms with van der Waals surface area (Å²) in [5.41, 5.74) is 0.141. The number of imide groups is 1. The summed E-state index contributed by atoms with van der Waals surface area (Å²) in [4.78, 5) is 28.0. The third kappa shape index (κ3) is 2.44. The van der Waals surface area contributed by atoms with Gasteiger partial charge in [-0.05, 0) is 17.5 Å². The van der Waals surface area contributed by atoms with Crippen molar-refractivity contribution in [1.82, 2.24) is 15.4 Å². The van der Waals surface area contributed by atoms with E-state index in [9.17, 15) is 9.59 Å². The van der Waals surface area contributed by atoms with Crippen LogP contribution in [-0.2, 0) is 16.9 Å². The van der Waals surface area contributed by atoms with Crippen molar-refractivity contribution in [3.8, 4) is 16.4 Å². The van der Waals surface area contributed by atoms with Crippen molar-refractivity contribution in [3.05, 3.63) is 59.1 Å². The smallest absolute Gasteiger partial charge is 0.325 e. The van der Waals surface area contributed by atoms with Crippen molar-refractivity contribution in [1.29, 1.82) is 0 Å². The molecule has 5 rings (SSSR count). The molecule has 7 nitrogen and oxygen atoms in total. The van der Waals surface area contributed by atoms with Crippen molar-refractivity contribution < 1.29 is 18.8 Å². The van der Waals surface area contributed by atoms with Gasteiger partial charge >= 0.3 is 6.03 Å². The number of urea groups is 1. The molecule has 2 aliphatic heterocycles. The molecule has 1 aromatic carbocycles. The molecule has 27 heavy (non-hydrogen) atoms. The van der Waals surface area contributed by atoms with Crippen molar-refractivity contribution >= 4 is 23.3 Å². The SMILES string of the molecule is O=C1N[C@]2(CCOc3ccccc32)C(=O)N1Cc1cc(-c2cccs2)on1. The molecule has 3 aromatic rings. The quantitative estimate of drug-likeness (QED) is 0.705. The van der Waals surface area contributed by atoms with Crippen LogP contribution in [-0.4, -0.2) is 28.6 Å². The van der Waals surface area contributed by atoms with Crippen molar-refractivity contribution in [3.63, 3.8) is 0 Å². The Bertz CT molecular complexity index is 1030. The van der Waals surface area contributed by atoms with Crippen LogP contribution >= 0.6 is 11.3 Å². The van der Waals surface area contributed by atoms with Crippen LogP contribution in [0.15, 0.2) is 52.4 Å². The molecule has 1 N–H and O–H groups in total. The van der Waals surface area contributed by atoms with Crippen molar-refractivity contribution in [2.24, 2.45) is 0 Å². The van der Waals surface area contributed by atoms with E-state index in [0.717, 1.165) is 4.88 Å². The predicted molar refractivity (Wildman–Crippen MR) is 97.1 cm³/mol. The van der Waals surface area contributed by atoms with E-state index in [1.165, 1.54) is 16.2 Å². The first-order valence-electron chi connectivity index (χ1n) is 8.53. The molecule has 0 radical (unpaired) electrons. The zero-order valence-electron chi connectivity index (χ0n) is 14.2. The molecule has 0 aliphatic carbocycles. The Kier molecular flexibility index (Phi) is 3.54. The van der Waals surface area contributed by atoms with Gasteiger partial charge in [-0.1, -0.05) is 29.4 Å². The summed E-state index contributed by atoms with van der Waals surface area (Å²) in [5, 5.41) is 8.84. The lowest BCUT2D eigenvalue weighted by molar-refractivity contribution is -0.133. The van der Waals surface area contributed by atoms with Gasteiger partial charge in [0.15, 0.2) is 11.3 Å². The molecule has 0 bridgehead atoms. The van der Waals surface area contributed by atoms with E-state index < -0.39 is 11.6 Å². The van der Waals surface area contributed by atoms with Gasteiger partial charge in [-0.3, -0.25) is 9.69 Å². The predicted octanol–water partition coefficient (Wildman–Crippen LogP) is 3.13. The number of nitrogens with one attached hydrogen (secondary N) is 1. The summed E-state index contributed by atoms with van der Waals surface area (Å²) in [6.07, 6.45) is 0.393. The molecule has 2 aromatic heterocycles. The number of carbonyl (C=O) groups excluding carboxylic acids is 2. The minimum absolute atomic E-state index is 0.0598. The van der Waals surface area contributed by atoms with Crippen LogP contribution in [0.2, 0.25) is 0 Å². The van der Waals surface area contributed by atoms with Crippen LogP contribution in [0.5, 0.6) is 5.75 Å². The van der Waals surface area contributed by atoms with Gasteiger partial charge < -0.3 is 14.6 Å². The van der Waals surface area contributed by atoms with Crippen LogP contribution in [0.25, 0.3) is 10.6 Å². The summed E-state index contributed by atoms with van der Waals surface area (Å²) in [7, 11) is 0. The maximum atomic E-state index is 13.2. The topological polar surface area (TPSA) is 84.7 Å². The zero-order chi connectivity index (χ0) is 18.4. The Morgan fingerprint density at radius 3 is 2.96 bits per heavy atom. The molecular formula is C19H15N3O4S. The van der Waals surface area contributed by atoms with Crippen molar-refractivity contribution in [2.75, 3.05) is 6.61 Å². The number of nitrogens with zero attached hydrogens (tertiary/aromatic N) is 2. The number of amides is 3. The number of para-hydroxylation sites is 1. The number of benzene rings is 1. The monoisotopic (exact) mass is 381 g/mol. The zero-order valence-corrected chi connectivity index (χ0v) is 15.0. The highest BCUT2D eigenvalue weighted by atomic mass is 32.1. The number of thiophene rings is 1. The van der Waals surface area contributed by atoms with Crippen LogP contribution in [0, 0.1) is 0 Å². The fourth-order valence-corrected chi connectivity index (χ4v) is 4.27. The molecule has 136 valence electrons. The van der Waals surface area contributed by atoms with Gasteiger partial charge in [0, 0.05) is 18.1 Å². The minimum atomic E-state index is -1.08. The molecule has 0 unspecified atom stereocenters. The highest BCUT2D eigenvalue weighted by Gasteiger charge is 2.54. The molecule has 1 atom stereocenters. The molecule has 4 heterocycles. The molecule has 3 amide bonds. The number of hydrogen-bond donors (Lipinski definition) is 1. The molecule has 1 spiro atoms. The third-order valence-corrected chi connectivity index (χ3v) is 5.78. The second kappa shape index (κ2) is 5.95. The normalized spacial score (nSPS) is 21.3. The second-order valence-corrected chi connectivity index (χ2v) is 7.43. The summed E-state index contributed by atoms with van der Waals surface area (Å²) >= 11 is 1.54. The molecular weight excluding hydrogens is 366 g/mol. The van der Waals surface area contributed by atoms with Gasteiger partial charge in [-0.2, -0.15) is 0 Å². The second-order valence-electron chi connectivity index (χ2n) is 6.48. The third-order valence-electron chi connectivity index (χ3n) is 4.90. The van der Waals surface area contributed by atoms with Gasteiger partial charge in [-0.15, -0.1) is 11.3 Å². The van der Waals surface area contributed by atoms with Crippen LogP contribution < -0.4 is 10.1 Å². The summed E-state index contributed by atoms with van der Waals surface area (Å²) in [5.74, 6) is 0.961. The highest BCUT2D eigenvalue weighted by Crippen LogP contribution is 2.41. The first-order valence-corrected chi connectivity index (χ1v) is 9.41. The van der Waals surface area contributed by atoms with Gasteiger partial charge in [-0.25, -0.2) is 4.79 Å². The van der Waals surface area contributed by atoms with E-state index >= 15 is 0 Å². The fraction of sp³-hybridized carbons (Fsp3) is 0.211. The van der Waals surface area contributed by atoms with E-state index in [0.29, 0.717) is 35.8 Å². The van der Waals surface area contributed by atoms with E-state index in [-0.39, 0.29) is 12.5 Å². The number of fused-ring (bicyclic) bond motifs is 2. The number of carbonyl (C=O) groups is 2. The number of rotatable bonds is 3. The van der Waals surface area contributed by atoms with Crippen LogP contribution in [0.3, 0.4) is 0 Å². The maximum Gasteiger partial charge on any atom is 0.325 e. The van der Waals surface area contributed by atoms with Crippen LogP contribution in [0.4, 0.5) is 4.79 Å². The Morgan fingerprint density at radius 1 is 1.22 bits per heavy atom. The lowest BCUT2D eigenvalue weighted by atomic mass is 9.84. The Morgan fingerprint density at radius 2 is 2.11 bits per heavy atom. The minimum Gasteiger partial charge on any atom is -0.493 e. The standard InChI is InChI=1S/C19H15N3O4S/c23-17-19(7-8-25-14-5-2-1-4-13(14)19)20-18(24)22(17)11-12-10-15(26-21-12)16-6-3-9-27-16/h1-6,9-10H,7-8,11H2,(H,20,24)/t19-/m0/s1. The average molecular weight is 381 g/mol. The Balaban J connectivity index is 1.44. The maximum absolute atomic E-state index is 13.2. The van der Waals surface area contributed by atoms with Gasteiger partial charge in [0.2, 0.25) is 0 Å². The fourth-order valence-electron chi connectivity index (χ4n) is 3.60. The molecule has 2 aliphatic rings. The summed E-state index contributed by atoms with van der Waals surface area (Å²) in [6.45, 7) is 0.424. The summed E-state index contributed by atoms with van der Waals surface area (Å²) < 4.78 is 11.0. The van der Waals surface area contributed by atoms with E-state index in [1.807, 2.05) is 41.8 Å². The first-order chi connectivity index (χ1) is 13.2. The lowest BCUT2D eigenvalue weighted by Gasteiger charge is -2.33. The van der Waals surface area contributed by atoms with E-state index in [1.54, 1.807) is 6.07 Å². The van der Waals surface area contributed by atoms with Gasteiger partial charge in [0.05, 0.1) is 18.0 Å². The van der Waals surface area contributed by atoms with Gasteiger partial charge in [0.1, 0.15) is 11.4 Å². The van der Waals surface area contributed by atoms with E-state index in [2.05, 4.69) is 10.5 Å². The van der Waals surface area contributed by atoms with E-state index in [4.69, 9.17) is 9.26 Å². The first kappa shape index (κ1) is 16.1. The number of hydrogen-bond acceptors (Lipinski definition) is 6. The van der Waals surface area contributed by atoms with Gasteiger partial charge in [0.25, 0.3) is 5.91 Å². The Labute approximate surface area is 158 Å². The lowest BCUT2D eigenvalue weighted by Crippen LogP contribution is -2.47. The summed E-state index contributed by atoms with van der Waals surface area (Å²) in [6, 6.07) is 12.5. The largest absolute Gasteiger partial charge is 0.493 e. The molecule has 8 heteroatoms. The highest BCUT2D eigenvalue weighted by molar-refractivity contribution is 7.13. The number of ether oxygens (including phenoxy) is 1. The number of aromatic nitrogens is 1. The molecule has 1 fully saturated rings.